The molecule has 2 rings (SSSR count). The quantitative estimate of drug-likeness (QED) is 0.809. The molecule has 1 saturated heterocycles. The summed E-state index contributed by atoms with van der Waals surface area (Å²) in [6.45, 7) is 5.09. The number of carbonyl (C=O) groups excluding carboxylic acids is 1. The summed E-state index contributed by atoms with van der Waals surface area (Å²) in [5, 5.41) is 2.88. The van der Waals surface area contributed by atoms with Crippen LogP contribution in [0.15, 0.2) is 0 Å². The van der Waals surface area contributed by atoms with Crippen molar-refractivity contribution < 1.29 is 14.3 Å². The Bertz CT molecular complexity index is 322. The van der Waals surface area contributed by atoms with Crippen LogP contribution in [0.4, 0.5) is 0 Å². The third kappa shape index (κ3) is 4.07. The van der Waals surface area contributed by atoms with Crippen LogP contribution in [-0.4, -0.2) is 37.0 Å². The first kappa shape index (κ1) is 17.7. The van der Waals surface area contributed by atoms with Gasteiger partial charge in [0.1, 0.15) is 6.10 Å². The number of amides is 1. The topological polar surface area (TPSA) is 73.6 Å². The van der Waals surface area contributed by atoms with Gasteiger partial charge in [-0.3, -0.25) is 4.79 Å². The predicted molar refractivity (Wildman–Crippen MR) is 79.7 cm³/mol. The molecule has 1 heterocycles. The van der Waals surface area contributed by atoms with Gasteiger partial charge in [0.15, 0.2) is 5.79 Å². The molecule has 0 aromatic heterocycles. The van der Waals surface area contributed by atoms with Crippen LogP contribution in [-0.2, 0) is 14.3 Å². The molecule has 118 valence electrons. The van der Waals surface area contributed by atoms with E-state index in [2.05, 4.69) is 5.32 Å². The zero-order chi connectivity index (χ0) is 13.9. The molecular weight excluding hydrogens is 280 g/mol. The standard InChI is InChI=1S/C14H26N2O3.ClH/c1-3-10(2)12(15)13(17)16-8-11-9-18-14(19-11)6-4-5-7-14;/h10-12H,3-9,15H2,1-2H3,(H,16,17);1H. The van der Waals surface area contributed by atoms with Crippen LogP contribution in [0, 0.1) is 5.92 Å². The third-order valence-corrected chi connectivity index (χ3v) is 4.34. The Morgan fingerprint density at radius 3 is 2.70 bits per heavy atom. The minimum absolute atomic E-state index is 0. The van der Waals surface area contributed by atoms with E-state index in [1.54, 1.807) is 0 Å². The molecule has 0 bridgehead atoms. The molecular formula is C14H27ClN2O3. The average Bonchev–Trinajstić information content (AvgIpc) is 3.05. The lowest BCUT2D eigenvalue weighted by Crippen LogP contribution is -2.47. The zero-order valence-corrected chi connectivity index (χ0v) is 13.2. The van der Waals surface area contributed by atoms with E-state index in [0.29, 0.717) is 13.2 Å². The number of hydrogen-bond donors (Lipinski definition) is 2. The lowest BCUT2D eigenvalue weighted by Gasteiger charge is -2.22. The number of nitrogens with two attached hydrogens (primary N) is 1. The van der Waals surface area contributed by atoms with Crippen LogP contribution >= 0.6 is 12.4 Å². The molecule has 6 heteroatoms. The van der Waals surface area contributed by atoms with Crippen LogP contribution in [0.5, 0.6) is 0 Å². The van der Waals surface area contributed by atoms with Gasteiger partial charge in [-0.05, 0) is 18.8 Å². The summed E-state index contributed by atoms with van der Waals surface area (Å²) in [7, 11) is 0. The van der Waals surface area contributed by atoms with Gasteiger partial charge in [-0.2, -0.15) is 0 Å². The number of halogens is 1. The summed E-state index contributed by atoms with van der Waals surface area (Å²) >= 11 is 0. The number of ether oxygens (including phenoxy) is 2. The Morgan fingerprint density at radius 2 is 2.10 bits per heavy atom. The van der Waals surface area contributed by atoms with Crippen molar-refractivity contribution >= 4 is 18.3 Å². The fraction of sp³-hybridized carbons (Fsp3) is 0.929. The molecule has 1 saturated carbocycles. The van der Waals surface area contributed by atoms with Crippen molar-refractivity contribution in [3.05, 3.63) is 0 Å². The lowest BCUT2D eigenvalue weighted by atomic mass is 9.99. The normalized spacial score (nSPS) is 27.1. The summed E-state index contributed by atoms with van der Waals surface area (Å²) in [4.78, 5) is 11.9. The maximum Gasteiger partial charge on any atom is 0.237 e. The largest absolute Gasteiger partial charge is 0.352 e. The molecule has 5 nitrogen and oxygen atoms in total. The van der Waals surface area contributed by atoms with Crippen molar-refractivity contribution in [3.8, 4) is 0 Å². The number of hydrogen-bond acceptors (Lipinski definition) is 4. The summed E-state index contributed by atoms with van der Waals surface area (Å²) in [6, 6.07) is -0.437. The molecule has 3 atom stereocenters. The highest BCUT2D eigenvalue weighted by Crippen LogP contribution is 2.38. The van der Waals surface area contributed by atoms with Gasteiger partial charge in [0, 0.05) is 19.4 Å². The molecule has 20 heavy (non-hydrogen) atoms. The number of nitrogens with one attached hydrogen (secondary N) is 1. The highest BCUT2D eigenvalue weighted by molar-refractivity contribution is 5.85. The smallest absolute Gasteiger partial charge is 0.237 e. The van der Waals surface area contributed by atoms with Crippen molar-refractivity contribution in [2.24, 2.45) is 11.7 Å². The zero-order valence-electron chi connectivity index (χ0n) is 12.4. The van der Waals surface area contributed by atoms with E-state index < -0.39 is 6.04 Å². The second-order valence-corrected chi connectivity index (χ2v) is 5.83. The van der Waals surface area contributed by atoms with E-state index in [9.17, 15) is 4.79 Å². The summed E-state index contributed by atoms with van der Waals surface area (Å²) in [5.74, 6) is -0.249. The van der Waals surface area contributed by atoms with E-state index in [1.165, 1.54) is 0 Å². The van der Waals surface area contributed by atoms with Crippen molar-refractivity contribution in [3.63, 3.8) is 0 Å². The summed E-state index contributed by atoms with van der Waals surface area (Å²) in [6.07, 6.45) is 5.15. The lowest BCUT2D eigenvalue weighted by molar-refractivity contribution is -0.161. The van der Waals surface area contributed by atoms with Crippen LogP contribution in [0.1, 0.15) is 46.0 Å². The summed E-state index contributed by atoms with van der Waals surface area (Å²) < 4.78 is 11.7. The minimum atomic E-state index is -0.437. The number of carbonyl (C=O) groups is 1. The van der Waals surface area contributed by atoms with E-state index in [-0.39, 0.29) is 36.1 Å². The third-order valence-electron chi connectivity index (χ3n) is 4.34. The number of rotatable bonds is 5. The molecule has 1 aliphatic carbocycles. The molecule has 0 aromatic carbocycles. The van der Waals surface area contributed by atoms with Crippen molar-refractivity contribution in [1.82, 2.24) is 5.32 Å². The van der Waals surface area contributed by atoms with Crippen LogP contribution in [0.3, 0.4) is 0 Å². The maximum atomic E-state index is 11.9. The molecule has 3 unspecified atom stereocenters. The minimum Gasteiger partial charge on any atom is -0.352 e. The molecule has 3 N–H and O–H groups in total. The fourth-order valence-electron chi connectivity index (χ4n) is 2.74. The van der Waals surface area contributed by atoms with E-state index in [0.717, 1.165) is 32.1 Å². The molecule has 0 aromatic rings. The monoisotopic (exact) mass is 306 g/mol. The first-order chi connectivity index (χ1) is 9.06. The Hall–Kier alpha value is -0.360. The van der Waals surface area contributed by atoms with Crippen molar-refractivity contribution in [2.45, 2.75) is 63.9 Å². The van der Waals surface area contributed by atoms with E-state index in [1.807, 2.05) is 13.8 Å². The van der Waals surface area contributed by atoms with Gasteiger partial charge in [-0.25, -0.2) is 0 Å². The van der Waals surface area contributed by atoms with Crippen LogP contribution in [0.2, 0.25) is 0 Å². The molecule has 1 aliphatic heterocycles. The first-order valence-electron chi connectivity index (χ1n) is 7.41. The average molecular weight is 307 g/mol. The van der Waals surface area contributed by atoms with Crippen molar-refractivity contribution in [1.29, 1.82) is 0 Å². The Labute approximate surface area is 127 Å². The SMILES string of the molecule is CCC(C)C(N)C(=O)NCC1COC2(CCCC2)O1.Cl. The Balaban J connectivity index is 0.00000200. The molecule has 1 amide bonds. The molecule has 2 fully saturated rings. The predicted octanol–water partition coefficient (Wildman–Crippen LogP) is 1.58. The van der Waals surface area contributed by atoms with Gasteiger partial charge in [-0.15, -0.1) is 12.4 Å². The Kier molecular flexibility index (Phi) is 6.72. The van der Waals surface area contributed by atoms with Gasteiger partial charge >= 0.3 is 0 Å². The van der Waals surface area contributed by atoms with Gasteiger partial charge in [-0.1, -0.05) is 20.3 Å². The van der Waals surface area contributed by atoms with E-state index >= 15 is 0 Å². The van der Waals surface area contributed by atoms with Crippen LogP contribution < -0.4 is 11.1 Å². The van der Waals surface area contributed by atoms with Crippen molar-refractivity contribution in [2.75, 3.05) is 13.2 Å². The summed E-state index contributed by atoms with van der Waals surface area (Å²) in [5.41, 5.74) is 5.89. The fourth-order valence-corrected chi connectivity index (χ4v) is 2.74. The highest BCUT2D eigenvalue weighted by atomic mass is 35.5. The second-order valence-electron chi connectivity index (χ2n) is 5.83. The second kappa shape index (κ2) is 7.59. The maximum absolute atomic E-state index is 11.9. The molecule has 1 spiro atoms. The Morgan fingerprint density at radius 1 is 1.45 bits per heavy atom. The molecule has 0 radical (unpaired) electrons. The van der Waals surface area contributed by atoms with E-state index in [4.69, 9.17) is 15.2 Å². The van der Waals surface area contributed by atoms with Gasteiger partial charge < -0.3 is 20.5 Å². The first-order valence-corrected chi connectivity index (χ1v) is 7.41. The molecule has 2 aliphatic rings. The van der Waals surface area contributed by atoms with Gasteiger partial charge in [0.05, 0.1) is 12.6 Å². The van der Waals surface area contributed by atoms with Gasteiger partial charge in [0.25, 0.3) is 0 Å². The highest BCUT2D eigenvalue weighted by Gasteiger charge is 2.43. The van der Waals surface area contributed by atoms with Gasteiger partial charge in [0.2, 0.25) is 5.91 Å². The van der Waals surface area contributed by atoms with Crippen LogP contribution in [0.25, 0.3) is 0 Å².